The fourth-order valence-electron chi connectivity index (χ4n) is 0.202. The Morgan fingerprint density at radius 1 is 1.13 bits per heavy atom. The molecule has 0 bridgehead atoms. The van der Waals surface area contributed by atoms with Crippen molar-refractivity contribution in [2.24, 2.45) is 0 Å². The molecule has 92 valence electrons. The van der Waals surface area contributed by atoms with Crippen LogP contribution in [0.3, 0.4) is 0 Å². The quantitative estimate of drug-likeness (QED) is 0.294. The fraction of sp³-hybridized carbons (Fsp3) is 0.667. The van der Waals surface area contributed by atoms with Crippen molar-refractivity contribution in [3.05, 3.63) is 0 Å². The molecular weight excluding hydrogens is 232 g/mol. The van der Waals surface area contributed by atoms with E-state index in [1.54, 1.807) is 6.92 Å². The fourth-order valence-corrected chi connectivity index (χ4v) is 0.202. The van der Waals surface area contributed by atoms with Crippen LogP contribution in [-0.4, -0.2) is 41.2 Å². The maximum Gasteiger partial charge on any atom is 0.394 e. The van der Waals surface area contributed by atoms with Gasteiger partial charge in [-0.05, 0) is 6.92 Å². The Balaban J connectivity index is -0.000000158. The van der Waals surface area contributed by atoms with E-state index >= 15 is 0 Å². The van der Waals surface area contributed by atoms with E-state index in [0.717, 1.165) is 0 Å². The van der Waals surface area contributed by atoms with Crippen LogP contribution in [0.4, 0.5) is 0 Å². The van der Waals surface area contributed by atoms with E-state index in [1.165, 1.54) is 13.8 Å². The summed E-state index contributed by atoms with van der Waals surface area (Å²) in [5.74, 6) is -1.12. The molecule has 0 amide bonds. The highest BCUT2D eigenvalue weighted by molar-refractivity contribution is 7.79. The number of esters is 2. The Morgan fingerprint density at radius 2 is 1.27 bits per heavy atom. The Kier molecular flexibility index (Phi) is 14.4. The molecule has 8 nitrogen and oxygen atoms in total. The number of hydrogen-bond donors (Lipinski definition) is 3. The van der Waals surface area contributed by atoms with E-state index in [0.29, 0.717) is 0 Å². The zero-order chi connectivity index (χ0) is 13.1. The van der Waals surface area contributed by atoms with Crippen molar-refractivity contribution in [2.45, 2.75) is 20.8 Å². The lowest BCUT2D eigenvalue weighted by Gasteiger charge is -1.87. The highest BCUT2D eigenvalue weighted by atomic mass is 32.3. The average Bonchev–Trinajstić information content (AvgIpc) is 1.79. The number of aliphatic hydroxyl groups excluding tert-OH is 1. The van der Waals surface area contributed by atoms with E-state index in [1.807, 2.05) is 0 Å². The zero-order valence-corrected chi connectivity index (χ0v) is 9.31. The number of rotatable bonds is 0. The summed E-state index contributed by atoms with van der Waals surface area (Å²) in [4.78, 5) is 19.6. The average molecular weight is 246 g/mol. The molecule has 0 heterocycles. The molecule has 0 aliphatic heterocycles. The predicted molar refractivity (Wildman–Crippen MR) is 49.4 cm³/mol. The minimum Gasteiger partial charge on any atom is -0.397 e. The summed E-state index contributed by atoms with van der Waals surface area (Å²) in [6.45, 7) is 4.29. The van der Waals surface area contributed by atoms with Crippen LogP contribution in [0.15, 0.2) is 0 Å². The van der Waals surface area contributed by atoms with Gasteiger partial charge in [0.1, 0.15) is 0 Å². The maximum absolute atomic E-state index is 9.81. The monoisotopic (exact) mass is 246 g/mol. The minimum absolute atomic E-state index is 0.250. The zero-order valence-electron chi connectivity index (χ0n) is 8.50. The molecule has 0 radical (unpaired) electrons. The first kappa shape index (κ1) is 19.5. The number of carbonyl (C=O) groups excluding carboxylic acids is 2. The van der Waals surface area contributed by atoms with Crippen LogP contribution >= 0.6 is 0 Å². The van der Waals surface area contributed by atoms with Crippen LogP contribution in [-0.2, 0) is 24.7 Å². The van der Waals surface area contributed by atoms with Crippen molar-refractivity contribution in [3.8, 4) is 0 Å². The molecule has 0 aromatic carbocycles. The second-order valence-corrected chi connectivity index (χ2v) is 2.74. The van der Waals surface area contributed by atoms with Gasteiger partial charge in [0.15, 0.2) is 0 Å². The van der Waals surface area contributed by atoms with Crippen molar-refractivity contribution < 1.29 is 37.0 Å². The first-order valence-electron chi connectivity index (χ1n) is 3.54. The second-order valence-electron chi connectivity index (χ2n) is 1.85. The molecule has 0 saturated carbocycles. The van der Waals surface area contributed by atoms with E-state index in [-0.39, 0.29) is 6.61 Å². The van der Waals surface area contributed by atoms with Crippen LogP contribution in [0, 0.1) is 0 Å². The first-order valence-corrected chi connectivity index (χ1v) is 4.94. The molecular formula is C6H14O8S. The lowest BCUT2D eigenvalue weighted by molar-refractivity contribution is -0.156. The van der Waals surface area contributed by atoms with Crippen molar-refractivity contribution in [1.82, 2.24) is 0 Å². The van der Waals surface area contributed by atoms with Crippen molar-refractivity contribution in [3.63, 3.8) is 0 Å². The maximum atomic E-state index is 9.81. The van der Waals surface area contributed by atoms with Gasteiger partial charge < -0.3 is 9.84 Å². The Hall–Kier alpha value is -1.03. The van der Waals surface area contributed by atoms with Crippen LogP contribution in [0.2, 0.25) is 0 Å². The molecule has 0 spiro atoms. The standard InChI is InChI=1S/C4H6O3.C2H6O.H2O4S/c1-3(5)7-4(2)6;1-2-3;1-5(2,3)4/h1-2H3;3H,2H2,1H3;(H2,1,2,3,4). The van der Waals surface area contributed by atoms with Gasteiger partial charge in [-0.25, -0.2) is 0 Å². The Bertz CT molecular complexity index is 247. The van der Waals surface area contributed by atoms with Gasteiger partial charge in [0.25, 0.3) is 0 Å². The first-order chi connectivity index (χ1) is 6.54. The summed E-state index contributed by atoms with van der Waals surface area (Å²) in [5.41, 5.74) is 0. The number of carbonyl (C=O) groups is 2. The summed E-state index contributed by atoms with van der Waals surface area (Å²) in [6, 6.07) is 0. The van der Waals surface area contributed by atoms with Crippen molar-refractivity contribution in [2.75, 3.05) is 6.61 Å². The Morgan fingerprint density at radius 3 is 1.27 bits per heavy atom. The largest absolute Gasteiger partial charge is 0.397 e. The Labute approximate surface area is 87.4 Å². The van der Waals surface area contributed by atoms with E-state index in [9.17, 15) is 9.59 Å². The van der Waals surface area contributed by atoms with E-state index in [2.05, 4.69) is 4.74 Å². The molecule has 0 unspecified atom stereocenters. The highest BCUT2D eigenvalue weighted by Gasteiger charge is 1.93. The van der Waals surface area contributed by atoms with Gasteiger partial charge in [-0.2, -0.15) is 8.42 Å². The molecule has 0 rings (SSSR count). The third-order valence-corrected chi connectivity index (χ3v) is 0.287. The molecule has 0 fully saturated rings. The van der Waals surface area contributed by atoms with Crippen molar-refractivity contribution in [1.29, 1.82) is 0 Å². The normalized spacial score (nSPS) is 8.67. The van der Waals surface area contributed by atoms with Crippen LogP contribution in [0.5, 0.6) is 0 Å². The predicted octanol–water partition coefficient (Wildman–Crippen LogP) is -0.558. The van der Waals surface area contributed by atoms with Gasteiger partial charge in [0.2, 0.25) is 0 Å². The molecule has 3 N–H and O–H groups in total. The molecule has 0 aromatic heterocycles. The van der Waals surface area contributed by atoms with Crippen LogP contribution in [0.25, 0.3) is 0 Å². The molecule has 0 atom stereocenters. The summed E-state index contributed by atoms with van der Waals surface area (Å²) < 4.78 is 35.6. The molecule has 0 saturated heterocycles. The third-order valence-electron chi connectivity index (χ3n) is 0.287. The highest BCUT2D eigenvalue weighted by Crippen LogP contribution is 1.73. The number of ether oxygens (including phenoxy) is 1. The van der Waals surface area contributed by atoms with Gasteiger partial charge >= 0.3 is 22.3 Å². The third kappa shape index (κ3) is 177. The SMILES string of the molecule is CC(=O)OC(C)=O.CCO.O=S(=O)(O)O. The summed E-state index contributed by atoms with van der Waals surface area (Å²) in [5, 5.41) is 7.57. The van der Waals surface area contributed by atoms with Gasteiger partial charge in [-0.1, -0.05) is 0 Å². The smallest absolute Gasteiger partial charge is 0.394 e. The van der Waals surface area contributed by atoms with Crippen LogP contribution in [0.1, 0.15) is 20.8 Å². The topological polar surface area (TPSA) is 138 Å². The van der Waals surface area contributed by atoms with Crippen LogP contribution < -0.4 is 0 Å². The molecule has 0 aliphatic rings. The molecule has 0 aromatic rings. The molecule has 0 aliphatic carbocycles. The van der Waals surface area contributed by atoms with E-state index < -0.39 is 22.3 Å². The second kappa shape index (κ2) is 11.0. The summed E-state index contributed by atoms with van der Waals surface area (Å²) in [6.07, 6.45) is 0. The van der Waals surface area contributed by atoms with Gasteiger partial charge in [0.05, 0.1) is 0 Å². The minimum atomic E-state index is -4.67. The molecule has 15 heavy (non-hydrogen) atoms. The van der Waals surface area contributed by atoms with Gasteiger partial charge in [-0.15, -0.1) is 0 Å². The van der Waals surface area contributed by atoms with E-state index in [4.69, 9.17) is 22.6 Å². The van der Waals surface area contributed by atoms with Gasteiger partial charge in [-0.3, -0.25) is 18.7 Å². The summed E-state index contributed by atoms with van der Waals surface area (Å²) >= 11 is 0. The number of aliphatic hydroxyl groups is 1. The van der Waals surface area contributed by atoms with Crippen molar-refractivity contribution >= 4 is 22.3 Å². The van der Waals surface area contributed by atoms with Gasteiger partial charge in [0, 0.05) is 20.5 Å². The molecule has 9 heteroatoms. The lowest BCUT2D eigenvalue weighted by Crippen LogP contribution is -2.03. The summed E-state index contributed by atoms with van der Waals surface area (Å²) in [7, 11) is -4.67. The lowest BCUT2D eigenvalue weighted by atomic mass is 10.7. The number of hydrogen-bond acceptors (Lipinski definition) is 6.